The fourth-order valence-electron chi connectivity index (χ4n) is 9.53. The Labute approximate surface area is 199 Å². The van der Waals surface area contributed by atoms with E-state index in [1.165, 1.54) is 93.6 Å². The van der Waals surface area contributed by atoms with Crippen LogP contribution >= 0.6 is 0 Å². The van der Waals surface area contributed by atoms with E-state index in [-0.39, 0.29) is 0 Å². The number of likely N-dealkylation sites (tertiary alicyclic amines) is 1. The quantitative estimate of drug-likeness (QED) is 0.485. The van der Waals surface area contributed by atoms with E-state index >= 15 is 0 Å². The van der Waals surface area contributed by atoms with Crippen LogP contribution in [0.15, 0.2) is 42.7 Å². The van der Waals surface area contributed by atoms with E-state index in [0.29, 0.717) is 5.41 Å². The van der Waals surface area contributed by atoms with Crippen LogP contribution in [0.25, 0.3) is 16.3 Å². The first kappa shape index (κ1) is 20.7. The van der Waals surface area contributed by atoms with Crippen molar-refractivity contribution < 1.29 is 0 Å². The fourth-order valence-corrected chi connectivity index (χ4v) is 9.53. The molecule has 2 heterocycles. The molecule has 7 rings (SSSR count). The average Bonchev–Trinajstić information content (AvgIpc) is 3.51. The van der Waals surface area contributed by atoms with Gasteiger partial charge in [-0.2, -0.15) is 0 Å². The molecule has 4 aliphatic carbocycles. The number of hydrogen-bond acceptors (Lipinski definition) is 2. The van der Waals surface area contributed by atoms with Gasteiger partial charge in [0.2, 0.25) is 0 Å². The average molecular weight is 441 g/mol. The van der Waals surface area contributed by atoms with Gasteiger partial charge >= 0.3 is 0 Å². The smallest absolute Gasteiger partial charge is 0.0346 e. The van der Waals surface area contributed by atoms with Gasteiger partial charge < -0.3 is 4.90 Å². The van der Waals surface area contributed by atoms with Crippen LogP contribution in [0.2, 0.25) is 0 Å². The fraction of sp³-hybridized carbons (Fsp3) is 0.645. The molecule has 4 unspecified atom stereocenters. The Morgan fingerprint density at radius 2 is 1.79 bits per heavy atom. The van der Waals surface area contributed by atoms with Gasteiger partial charge in [-0.05, 0) is 141 Å². The van der Waals surface area contributed by atoms with Crippen molar-refractivity contribution in [3.8, 4) is 0 Å². The normalized spacial score (nSPS) is 40.8. The Kier molecular flexibility index (Phi) is 4.98. The zero-order valence-corrected chi connectivity index (χ0v) is 20.4. The zero-order valence-electron chi connectivity index (χ0n) is 20.4. The summed E-state index contributed by atoms with van der Waals surface area (Å²) >= 11 is 0. The molecule has 2 nitrogen and oxygen atoms in total. The molecule has 0 amide bonds. The molecule has 174 valence electrons. The number of allylic oxidation sites excluding steroid dienone is 2. The summed E-state index contributed by atoms with van der Waals surface area (Å²) in [7, 11) is 0. The molecule has 3 saturated carbocycles. The number of nitrogens with zero attached hydrogens (tertiary/aromatic N) is 2. The van der Waals surface area contributed by atoms with E-state index < -0.39 is 0 Å². The highest BCUT2D eigenvalue weighted by molar-refractivity contribution is 5.86. The first-order chi connectivity index (χ1) is 16.2. The second kappa shape index (κ2) is 7.94. The molecule has 1 aliphatic heterocycles. The van der Waals surface area contributed by atoms with Crippen molar-refractivity contribution in [2.45, 2.75) is 77.2 Å². The van der Waals surface area contributed by atoms with E-state index in [1.807, 2.05) is 12.4 Å². The van der Waals surface area contributed by atoms with Crippen molar-refractivity contribution in [2.24, 2.45) is 35.0 Å². The number of rotatable bonds is 2. The van der Waals surface area contributed by atoms with Crippen LogP contribution in [-0.4, -0.2) is 29.0 Å². The lowest BCUT2D eigenvalue weighted by molar-refractivity contribution is -0.0499. The Morgan fingerprint density at radius 3 is 2.70 bits per heavy atom. The van der Waals surface area contributed by atoms with E-state index in [2.05, 4.69) is 47.1 Å². The molecule has 0 radical (unpaired) electrons. The maximum absolute atomic E-state index is 4.31. The summed E-state index contributed by atoms with van der Waals surface area (Å²) in [6.07, 6.45) is 21.2. The zero-order chi connectivity index (χ0) is 22.0. The van der Waals surface area contributed by atoms with Crippen molar-refractivity contribution in [2.75, 3.05) is 13.1 Å². The second-order valence-electron chi connectivity index (χ2n) is 12.4. The van der Waals surface area contributed by atoms with Crippen molar-refractivity contribution >= 4 is 16.3 Å². The van der Waals surface area contributed by atoms with Gasteiger partial charge in [-0.25, -0.2) is 0 Å². The predicted molar refractivity (Wildman–Crippen MR) is 137 cm³/mol. The monoisotopic (exact) mass is 440 g/mol. The van der Waals surface area contributed by atoms with Crippen LogP contribution in [0.1, 0.15) is 76.7 Å². The summed E-state index contributed by atoms with van der Waals surface area (Å²) in [5, 5.41) is 2.59. The molecule has 5 aliphatic rings. The Bertz CT molecular complexity index is 1070. The van der Waals surface area contributed by atoms with Gasteiger partial charge in [0.05, 0.1) is 0 Å². The topological polar surface area (TPSA) is 16.1 Å². The van der Waals surface area contributed by atoms with Crippen LogP contribution in [0.4, 0.5) is 0 Å². The third kappa shape index (κ3) is 3.27. The lowest BCUT2D eigenvalue weighted by Crippen LogP contribution is -2.50. The molecule has 0 N–H and O–H groups in total. The van der Waals surface area contributed by atoms with Crippen LogP contribution in [-0.2, 0) is 0 Å². The number of hydrogen-bond donors (Lipinski definition) is 0. The maximum atomic E-state index is 4.31. The predicted octanol–water partition coefficient (Wildman–Crippen LogP) is 7.35. The third-order valence-electron chi connectivity index (χ3n) is 11.1. The third-order valence-corrected chi connectivity index (χ3v) is 11.1. The van der Waals surface area contributed by atoms with Gasteiger partial charge in [0.15, 0.2) is 0 Å². The van der Waals surface area contributed by atoms with Crippen molar-refractivity contribution in [3.63, 3.8) is 0 Å². The summed E-state index contributed by atoms with van der Waals surface area (Å²) < 4.78 is 0. The highest BCUT2D eigenvalue weighted by atomic mass is 15.2. The molecular formula is C31H40N2. The van der Waals surface area contributed by atoms with Gasteiger partial charge in [0, 0.05) is 23.8 Å². The van der Waals surface area contributed by atoms with E-state index in [1.54, 1.807) is 5.57 Å². The van der Waals surface area contributed by atoms with Crippen LogP contribution in [0.5, 0.6) is 0 Å². The molecule has 4 fully saturated rings. The summed E-state index contributed by atoms with van der Waals surface area (Å²) in [5.41, 5.74) is 3.50. The van der Waals surface area contributed by atoms with Crippen molar-refractivity contribution in [3.05, 3.63) is 48.3 Å². The molecule has 1 aromatic heterocycles. The van der Waals surface area contributed by atoms with E-state index in [0.717, 1.165) is 35.6 Å². The van der Waals surface area contributed by atoms with Crippen LogP contribution in [0, 0.1) is 35.0 Å². The molecule has 0 bridgehead atoms. The van der Waals surface area contributed by atoms with Crippen LogP contribution < -0.4 is 0 Å². The first-order valence-corrected chi connectivity index (χ1v) is 14.0. The Balaban J connectivity index is 1.11. The van der Waals surface area contributed by atoms with Crippen LogP contribution in [0.3, 0.4) is 0 Å². The maximum Gasteiger partial charge on any atom is 0.0346 e. The molecular weight excluding hydrogens is 400 g/mol. The summed E-state index contributed by atoms with van der Waals surface area (Å²) in [6, 6.07) is 10.2. The first-order valence-electron chi connectivity index (χ1n) is 14.0. The molecule has 2 heteroatoms. The summed E-state index contributed by atoms with van der Waals surface area (Å²) in [6.45, 7) is 5.39. The molecule has 33 heavy (non-hydrogen) atoms. The number of aromatic nitrogens is 1. The number of pyridine rings is 1. The molecule has 1 saturated heterocycles. The highest BCUT2D eigenvalue weighted by Gasteiger charge is 2.55. The summed E-state index contributed by atoms with van der Waals surface area (Å²) in [5.74, 6) is 4.91. The lowest BCUT2D eigenvalue weighted by Gasteiger charge is -2.56. The minimum Gasteiger partial charge on any atom is -0.300 e. The van der Waals surface area contributed by atoms with E-state index in [4.69, 9.17) is 0 Å². The largest absolute Gasteiger partial charge is 0.300 e. The number of benzene rings is 1. The van der Waals surface area contributed by atoms with Crippen molar-refractivity contribution in [1.29, 1.82) is 0 Å². The van der Waals surface area contributed by atoms with Gasteiger partial charge in [-0.1, -0.05) is 25.1 Å². The minimum atomic E-state index is 0.376. The van der Waals surface area contributed by atoms with Crippen molar-refractivity contribution in [1.82, 2.24) is 9.88 Å². The highest BCUT2D eigenvalue weighted by Crippen LogP contribution is 2.64. The summed E-state index contributed by atoms with van der Waals surface area (Å²) in [4.78, 5) is 7.16. The minimum absolute atomic E-state index is 0.376. The molecule has 7 atom stereocenters. The Hall–Kier alpha value is -1.67. The SMILES string of the molecule is CC12CC[C@@H]3C4CCC(N5CCCC5)C[C@@H]4CCC3[C@@H]1CC=C2c1ccc2cnccc2c1. The Morgan fingerprint density at radius 1 is 0.909 bits per heavy atom. The van der Waals surface area contributed by atoms with E-state index in [9.17, 15) is 0 Å². The molecule has 0 spiro atoms. The molecule has 1 aromatic carbocycles. The van der Waals surface area contributed by atoms with Gasteiger partial charge in [-0.15, -0.1) is 0 Å². The molecule has 2 aromatic rings. The second-order valence-corrected chi connectivity index (χ2v) is 12.4. The lowest BCUT2D eigenvalue weighted by atomic mass is 9.49. The number of fused-ring (bicyclic) bond motifs is 6. The standard InChI is InChI=1S/C31H40N2/c1-31-14-12-27-26-9-7-25(33-16-2-3-17-33)19-22(26)6-8-28(27)30(31)11-10-29(31)23-4-5-24-20-32-15-13-21(24)18-23/h4-5,10,13,15,18,20,22,25-28,30H,2-3,6-9,11-12,14,16-17,19H2,1H3/t22-,25?,26?,27+,28?,30-,31?/m0/s1. The van der Waals surface area contributed by atoms with Gasteiger partial charge in [-0.3, -0.25) is 4.98 Å². The van der Waals surface area contributed by atoms with Gasteiger partial charge in [0.25, 0.3) is 0 Å². The van der Waals surface area contributed by atoms with Gasteiger partial charge in [0.1, 0.15) is 0 Å².